The molecule has 0 fully saturated rings. The Morgan fingerprint density at radius 2 is 2.20 bits per heavy atom. The predicted molar refractivity (Wildman–Crippen MR) is 57.8 cm³/mol. The lowest BCUT2D eigenvalue weighted by Crippen LogP contribution is -2.02. The molecule has 2 N–H and O–H groups in total. The van der Waals surface area contributed by atoms with Crippen molar-refractivity contribution in [3.8, 4) is 5.75 Å². The third-order valence-electron chi connectivity index (χ3n) is 2.07. The number of halogens is 1. The van der Waals surface area contributed by atoms with Gasteiger partial charge in [-0.05, 0) is 25.0 Å². The number of nitrogens with one attached hydrogen (secondary N) is 1. The number of ether oxygens (including phenoxy) is 1. The van der Waals surface area contributed by atoms with E-state index in [9.17, 15) is 4.39 Å². The topological polar surface area (TPSA) is 41.5 Å². The van der Waals surface area contributed by atoms with Crippen molar-refractivity contribution < 1.29 is 14.2 Å². The molecule has 1 aromatic carbocycles. The SMILES string of the molecule is COc1ccc(NCCCCO)cc1F. The Balaban J connectivity index is 2.45. The first-order valence-electron chi connectivity index (χ1n) is 4.96. The zero-order chi connectivity index (χ0) is 11.1. The molecular formula is C11H16FNO2. The highest BCUT2D eigenvalue weighted by atomic mass is 19.1. The van der Waals surface area contributed by atoms with Crippen LogP contribution < -0.4 is 10.1 Å². The molecule has 0 saturated carbocycles. The molecule has 3 nitrogen and oxygen atoms in total. The minimum absolute atomic E-state index is 0.193. The van der Waals surface area contributed by atoms with E-state index in [0.29, 0.717) is 0 Å². The molecule has 4 heteroatoms. The van der Waals surface area contributed by atoms with Crippen LogP contribution in [-0.4, -0.2) is 25.4 Å². The van der Waals surface area contributed by atoms with Gasteiger partial charge in [0, 0.05) is 24.9 Å². The highest BCUT2D eigenvalue weighted by Gasteiger charge is 2.02. The van der Waals surface area contributed by atoms with Gasteiger partial charge in [-0.3, -0.25) is 0 Å². The fraction of sp³-hybridized carbons (Fsp3) is 0.455. The highest BCUT2D eigenvalue weighted by Crippen LogP contribution is 2.20. The summed E-state index contributed by atoms with van der Waals surface area (Å²) >= 11 is 0. The van der Waals surface area contributed by atoms with Crippen molar-refractivity contribution in [1.29, 1.82) is 0 Å². The van der Waals surface area contributed by atoms with Crippen molar-refractivity contribution in [2.75, 3.05) is 25.6 Å². The fourth-order valence-corrected chi connectivity index (χ4v) is 1.25. The standard InChI is InChI=1S/C11H16FNO2/c1-15-11-5-4-9(8-10(11)12)13-6-2-3-7-14/h4-5,8,13-14H,2-3,6-7H2,1H3. The van der Waals surface area contributed by atoms with Gasteiger partial charge in [0.2, 0.25) is 0 Å². The number of anilines is 1. The number of hydrogen-bond donors (Lipinski definition) is 2. The van der Waals surface area contributed by atoms with Crippen molar-refractivity contribution in [3.05, 3.63) is 24.0 Å². The van der Waals surface area contributed by atoms with E-state index in [1.54, 1.807) is 12.1 Å². The Labute approximate surface area is 88.9 Å². The minimum Gasteiger partial charge on any atom is -0.494 e. The lowest BCUT2D eigenvalue weighted by molar-refractivity contribution is 0.286. The molecular weight excluding hydrogens is 197 g/mol. The highest BCUT2D eigenvalue weighted by molar-refractivity contribution is 5.47. The van der Waals surface area contributed by atoms with Crippen LogP contribution in [0.2, 0.25) is 0 Å². The van der Waals surface area contributed by atoms with Crippen LogP contribution in [-0.2, 0) is 0 Å². The molecule has 0 aliphatic heterocycles. The van der Waals surface area contributed by atoms with Gasteiger partial charge in [-0.15, -0.1) is 0 Å². The van der Waals surface area contributed by atoms with E-state index in [2.05, 4.69) is 5.32 Å². The molecule has 0 heterocycles. The summed E-state index contributed by atoms with van der Waals surface area (Å²) in [7, 11) is 1.44. The number of aliphatic hydroxyl groups is 1. The predicted octanol–water partition coefficient (Wildman–Crippen LogP) is 2.02. The molecule has 0 atom stereocenters. The van der Waals surface area contributed by atoms with Crippen LogP contribution in [0.5, 0.6) is 5.75 Å². The Morgan fingerprint density at radius 3 is 2.80 bits per heavy atom. The van der Waals surface area contributed by atoms with Gasteiger partial charge in [-0.1, -0.05) is 0 Å². The van der Waals surface area contributed by atoms with Crippen molar-refractivity contribution in [3.63, 3.8) is 0 Å². The normalized spacial score (nSPS) is 10.1. The molecule has 0 aliphatic carbocycles. The second kappa shape index (κ2) is 6.24. The smallest absolute Gasteiger partial charge is 0.167 e. The summed E-state index contributed by atoms with van der Waals surface area (Å²) in [6.07, 6.45) is 1.62. The van der Waals surface area contributed by atoms with Crippen LogP contribution in [0.15, 0.2) is 18.2 Å². The van der Waals surface area contributed by atoms with E-state index in [0.717, 1.165) is 25.1 Å². The van der Waals surface area contributed by atoms with Gasteiger partial charge in [0.1, 0.15) is 0 Å². The van der Waals surface area contributed by atoms with Crippen LogP contribution in [0.3, 0.4) is 0 Å². The van der Waals surface area contributed by atoms with E-state index in [-0.39, 0.29) is 18.2 Å². The molecule has 0 spiro atoms. The molecule has 1 rings (SSSR count). The molecule has 0 radical (unpaired) electrons. The average Bonchev–Trinajstić information content (AvgIpc) is 2.25. The van der Waals surface area contributed by atoms with E-state index in [1.807, 2.05) is 0 Å². The summed E-state index contributed by atoms with van der Waals surface area (Å²) < 4.78 is 18.0. The molecule has 0 aromatic heterocycles. The molecule has 84 valence electrons. The Bertz CT molecular complexity index is 305. The summed E-state index contributed by atoms with van der Waals surface area (Å²) in [6, 6.07) is 4.75. The largest absolute Gasteiger partial charge is 0.494 e. The third kappa shape index (κ3) is 3.75. The summed E-state index contributed by atoms with van der Waals surface area (Å²) in [6.45, 7) is 0.922. The summed E-state index contributed by atoms with van der Waals surface area (Å²) in [5, 5.41) is 11.6. The summed E-state index contributed by atoms with van der Waals surface area (Å²) in [5.41, 5.74) is 0.728. The molecule has 1 aromatic rings. The molecule has 0 aliphatic rings. The van der Waals surface area contributed by atoms with Gasteiger partial charge < -0.3 is 15.2 Å². The Kier molecular flexibility index (Phi) is 4.90. The molecule has 15 heavy (non-hydrogen) atoms. The van der Waals surface area contributed by atoms with Gasteiger partial charge in [-0.25, -0.2) is 4.39 Å². The van der Waals surface area contributed by atoms with Crippen LogP contribution in [0.4, 0.5) is 10.1 Å². The quantitative estimate of drug-likeness (QED) is 0.710. The summed E-state index contributed by atoms with van der Waals surface area (Å²) in [5.74, 6) is -0.124. The maximum Gasteiger partial charge on any atom is 0.167 e. The maximum atomic E-state index is 13.2. The van der Waals surface area contributed by atoms with Crippen LogP contribution >= 0.6 is 0 Å². The van der Waals surface area contributed by atoms with Gasteiger partial charge in [0.05, 0.1) is 7.11 Å². The van der Waals surface area contributed by atoms with Crippen LogP contribution in [0.1, 0.15) is 12.8 Å². The maximum absolute atomic E-state index is 13.2. The Hall–Kier alpha value is -1.29. The van der Waals surface area contributed by atoms with E-state index >= 15 is 0 Å². The van der Waals surface area contributed by atoms with Crippen molar-refractivity contribution in [1.82, 2.24) is 0 Å². The van der Waals surface area contributed by atoms with Crippen molar-refractivity contribution >= 4 is 5.69 Å². The van der Waals surface area contributed by atoms with Gasteiger partial charge >= 0.3 is 0 Å². The minimum atomic E-state index is -0.371. The molecule has 0 amide bonds. The molecule has 0 unspecified atom stereocenters. The van der Waals surface area contributed by atoms with Crippen molar-refractivity contribution in [2.24, 2.45) is 0 Å². The zero-order valence-corrected chi connectivity index (χ0v) is 8.79. The first-order chi connectivity index (χ1) is 7.27. The average molecular weight is 213 g/mol. The van der Waals surface area contributed by atoms with Gasteiger partial charge in [0.25, 0.3) is 0 Å². The first kappa shape index (κ1) is 11.8. The monoisotopic (exact) mass is 213 g/mol. The number of methoxy groups -OCH3 is 1. The van der Waals surface area contributed by atoms with Crippen LogP contribution in [0, 0.1) is 5.82 Å². The second-order valence-electron chi connectivity index (χ2n) is 3.21. The molecule has 0 bridgehead atoms. The number of aliphatic hydroxyl groups excluding tert-OH is 1. The van der Waals surface area contributed by atoms with Gasteiger partial charge in [0.15, 0.2) is 11.6 Å². The van der Waals surface area contributed by atoms with E-state index in [1.165, 1.54) is 13.2 Å². The number of unbranched alkanes of at least 4 members (excludes halogenated alkanes) is 1. The second-order valence-corrected chi connectivity index (χ2v) is 3.21. The van der Waals surface area contributed by atoms with Crippen molar-refractivity contribution in [2.45, 2.75) is 12.8 Å². The number of hydrogen-bond acceptors (Lipinski definition) is 3. The van der Waals surface area contributed by atoms with Gasteiger partial charge in [-0.2, -0.15) is 0 Å². The lowest BCUT2D eigenvalue weighted by Gasteiger charge is -2.07. The first-order valence-corrected chi connectivity index (χ1v) is 4.96. The summed E-state index contributed by atoms with van der Waals surface area (Å²) in [4.78, 5) is 0. The fourth-order valence-electron chi connectivity index (χ4n) is 1.25. The zero-order valence-electron chi connectivity index (χ0n) is 8.79. The van der Waals surface area contributed by atoms with Crippen LogP contribution in [0.25, 0.3) is 0 Å². The Morgan fingerprint density at radius 1 is 1.40 bits per heavy atom. The van der Waals surface area contributed by atoms with E-state index < -0.39 is 0 Å². The van der Waals surface area contributed by atoms with E-state index in [4.69, 9.17) is 9.84 Å². The lowest BCUT2D eigenvalue weighted by atomic mass is 10.2. The number of benzene rings is 1. The third-order valence-corrected chi connectivity index (χ3v) is 2.07. The number of rotatable bonds is 6. The molecule has 0 saturated heterocycles.